The van der Waals surface area contributed by atoms with Crippen LogP contribution in [0.5, 0.6) is 0 Å². The van der Waals surface area contributed by atoms with Crippen LogP contribution in [0.3, 0.4) is 0 Å². The average Bonchev–Trinajstić information content (AvgIpc) is 2.21. The van der Waals surface area contributed by atoms with Gasteiger partial charge in [0.05, 0.1) is 0 Å². The lowest BCUT2D eigenvalue weighted by molar-refractivity contribution is 0.423. The number of hydrogen-bond donors (Lipinski definition) is 2. The largest absolute Gasteiger partial charge is 0.480 e. The third-order valence-corrected chi connectivity index (χ3v) is 3.38. The minimum Gasteiger partial charge on any atom is -0.424 e. The highest BCUT2D eigenvalue weighted by Crippen LogP contribution is 2.20. The van der Waals surface area contributed by atoms with Crippen LogP contribution in [0.2, 0.25) is 0 Å². The Labute approximate surface area is 99.9 Å². The number of rotatable bonds is 1. The van der Waals surface area contributed by atoms with Crippen LogP contribution in [0.25, 0.3) is 0 Å². The van der Waals surface area contributed by atoms with Crippen LogP contribution in [0.15, 0.2) is 11.5 Å². The van der Waals surface area contributed by atoms with Gasteiger partial charge < -0.3 is 10.0 Å². The van der Waals surface area contributed by atoms with Crippen molar-refractivity contribution in [3.05, 3.63) is 11.5 Å². The van der Waals surface area contributed by atoms with E-state index in [4.69, 9.17) is 10.0 Å². The molecule has 1 aliphatic carbocycles. The second-order valence-corrected chi connectivity index (χ2v) is 4.92. The molecule has 16 heavy (non-hydrogen) atoms. The molecule has 0 aromatic heterocycles. The Hall–Kier alpha value is -0.275. The van der Waals surface area contributed by atoms with E-state index in [-0.39, 0.29) is 0 Å². The Bertz CT molecular complexity index is 188. The van der Waals surface area contributed by atoms with Crippen molar-refractivity contribution in [3.8, 4) is 0 Å². The molecule has 3 heteroatoms. The molecule has 1 rings (SSSR count). The van der Waals surface area contributed by atoms with E-state index in [0.29, 0.717) is 0 Å². The fourth-order valence-corrected chi connectivity index (χ4v) is 2.44. The average molecular weight is 224 g/mol. The normalized spacial score (nSPS) is 20.8. The van der Waals surface area contributed by atoms with Crippen molar-refractivity contribution in [2.24, 2.45) is 0 Å². The first-order valence-electron chi connectivity index (χ1n) is 6.85. The van der Waals surface area contributed by atoms with E-state index in [1.165, 1.54) is 63.4 Å². The Kier molecular flexibility index (Phi) is 7.61. The van der Waals surface area contributed by atoms with Gasteiger partial charge >= 0.3 is 7.12 Å². The lowest BCUT2D eigenvalue weighted by atomic mass is 9.85. The second kappa shape index (κ2) is 8.83. The summed E-state index contributed by atoms with van der Waals surface area (Å²) >= 11 is 0. The number of hydrogen-bond acceptors (Lipinski definition) is 2. The third kappa shape index (κ3) is 7.07. The van der Waals surface area contributed by atoms with Crippen molar-refractivity contribution in [1.29, 1.82) is 0 Å². The summed E-state index contributed by atoms with van der Waals surface area (Å²) in [5.74, 6) is 1.63. The summed E-state index contributed by atoms with van der Waals surface area (Å²) in [5, 5.41) is 17.9. The monoisotopic (exact) mass is 224 g/mol. The fourth-order valence-electron chi connectivity index (χ4n) is 2.44. The van der Waals surface area contributed by atoms with Gasteiger partial charge in [0, 0.05) is 0 Å². The minimum absolute atomic E-state index is 1.05. The Balaban J connectivity index is 2.36. The molecule has 0 bridgehead atoms. The standard InChI is InChI=1S/C13H25BO2/c15-14(16)12-13-10-8-6-4-2-1-3-5-7-9-11-13/h12,15-16H,1-11H2. The summed E-state index contributed by atoms with van der Waals surface area (Å²) in [7, 11) is -1.26. The van der Waals surface area contributed by atoms with Gasteiger partial charge in [0.25, 0.3) is 0 Å². The topological polar surface area (TPSA) is 40.5 Å². The fraction of sp³-hybridized carbons (Fsp3) is 0.846. The highest BCUT2D eigenvalue weighted by atomic mass is 16.4. The maximum atomic E-state index is 8.97. The molecule has 1 aliphatic rings. The van der Waals surface area contributed by atoms with Gasteiger partial charge in [-0.2, -0.15) is 0 Å². The zero-order valence-corrected chi connectivity index (χ0v) is 10.3. The molecule has 1 saturated carbocycles. The smallest absolute Gasteiger partial charge is 0.424 e. The van der Waals surface area contributed by atoms with Crippen molar-refractivity contribution in [1.82, 2.24) is 0 Å². The van der Waals surface area contributed by atoms with Crippen LogP contribution in [0.1, 0.15) is 70.6 Å². The first-order chi connectivity index (χ1) is 7.79. The van der Waals surface area contributed by atoms with Gasteiger partial charge in [0.2, 0.25) is 0 Å². The van der Waals surface area contributed by atoms with Crippen LogP contribution >= 0.6 is 0 Å². The van der Waals surface area contributed by atoms with Gasteiger partial charge in [-0.3, -0.25) is 0 Å². The summed E-state index contributed by atoms with van der Waals surface area (Å²) in [4.78, 5) is 0. The molecule has 0 spiro atoms. The summed E-state index contributed by atoms with van der Waals surface area (Å²) in [6.07, 6.45) is 13.9. The highest BCUT2D eigenvalue weighted by molar-refractivity contribution is 6.47. The predicted octanol–water partition coefficient (Wildman–Crippen LogP) is 3.23. The lowest BCUT2D eigenvalue weighted by Crippen LogP contribution is -2.08. The first-order valence-corrected chi connectivity index (χ1v) is 6.85. The Morgan fingerprint density at radius 2 is 1.06 bits per heavy atom. The summed E-state index contributed by atoms with van der Waals surface area (Å²) in [6.45, 7) is 0. The first kappa shape index (κ1) is 13.8. The molecule has 2 N–H and O–H groups in total. The molecule has 1 fully saturated rings. The molecule has 0 radical (unpaired) electrons. The van der Waals surface area contributed by atoms with Gasteiger partial charge in [-0.1, -0.05) is 56.5 Å². The Morgan fingerprint density at radius 3 is 1.44 bits per heavy atom. The van der Waals surface area contributed by atoms with E-state index in [2.05, 4.69) is 0 Å². The molecule has 0 heterocycles. The molecular formula is C13H25BO2. The minimum atomic E-state index is -1.26. The van der Waals surface area contributed by atoms with E-state index in [1.54, 1.807) is 5.98 Å². The summed E-state index contributed by atoms with van der Waals surface area (Å²) < 4.78 is 0. The van der Waals surface area contributed by atoms with Crippen LogP contribution in [-0.2, 0) is 0 Å². The SMILES string of the molecule is OB(O)C=C1CCCCCCCCCCC1. The van der Waals surface area contributed by atoms with E-state index >= 15 is 0 Å². The summed E-state index contributed by atoms with van der Waals surface area (Å²) in [6, 6.07) is 0. The molecule has 0 amide bonds. The van der Waals surface area contributed by atoms with Crippen LogP contribution in [-0.4, -0.2) is 17.2 Å². The molecule has 0 aromatic carbocycles. The van der Waals surface area contributed by atoms with E-state index in [0.717, 1.165) is 12.8 Å². The van der Waals surface area contributed by atoms with E-state index < -0.39 is 7.12 Å². The quantitative estimate of drug-likeness (QED) is 0.671. The van der Waals surface area contributed by atoms with Crippen molar-refractivity contribution in [2.75, 3.05) is 0 Å². The molecule has 0 aromatic rings. The van der Waals surface area contributed by atoms with Crippen molar-refractivity contribution < 1.29 is 10.0 Å². The van der Waals surface area contributed by atoms with Crippen molar-refractivity contribution >= 4 is 7.12 Å². The zero-order chi connectivity index (χ0) is 11.6. The van der Waals surface area contributed by atoms with Gasteiger partial charge in [-0.05, 0) is 25.7 Å². The molecular weight excluding hydrogens is 199 g/mol. The van der Waals surface area contributed by atoms with Gasteiger partial charge in [0.15, 0.2) is 0 Å². The van der Waals surface area contributed by atoms with Gasteiger partial charge in [-0.15, -0.1) is 0 Å². The second-order valence-electron chi connectivity index (χ2n) is 4.92. The van der Waals surface area contributed by atoms with Crippen LogP contribution < -0.4 is 0 Å². The Morgan fingerprint density at radius 1 is 0.688 bits per heavy atom. The molecule has 92 valence electrons. The van der Waals surface area contributed by atoms with Crippen LogP contribution in [0.4, 0.5) is 0 Å². The van der Waals surface area contributed by atoms with Crippen molar-refractivity contribution in [3.63, 3.8) is 0 Å². The van der Waals surface area contributed by atoms with Gasteiger partial charge in [-0.25, -0.2) is 0 Å². The molecule has 0 aliphatic heterocycles. The zero-order valence-electron chi connectivity index (χ0n) is 10.3. The van der Waals surface area contributed by atoms with Crippen molar-refractivity contribution in [2.45, 2.75) is 70.6 Å². The molecule has 0 unspecified atom stereocenters. The highest BCUT2D eigenvalue weighted by Gasteiger charge is 2.06. The van der Waals surface area contributed by atoms with Gasteiger partial charge in [0.1, 0.15) is 0 Å². The predicted molar refractivity (Wildman–Crippen MR) is 69.1 cm³/mol. The molecule has 2 nitrogen and oxygen atoms in total. The van der Waals surface area contributed by atoms with Crippen LogP contribution in [0, 0.1) is 0 Å². The maximum absolute atomic E-state index is 8.97. The van der Waals surface area contributed by atoms with E-state index in [1.807, 2.05) is 0 Å². The molecule has 0 atom stereocenters. The van der Waals surface area contributed by atoms with E-state index in [9.17, 15) is 0 Å². The number of allylic oxidation sites excluding steroid dienone is 1. The third-order valence-electron chi connectivity index (χ3n) is 3.38. The summed E-state index contributed by atoms with van der Waals surface area (Å²) in [5.41, 5.74) is 1.25. The molecule has 0 saturated heterocycles. The maximum Gasteiger partial charge on any atom is 0.480 e. The lowest BCUT2D eigenvalue weighted by Gasteiger charge is -2.10.